The predicted octanol–water partition coefficient (Wildman–Crippen LogP) is 3.16. The van der Waals surface area contributed by atoms with Gasteiger partial charge < -0.3 is 10.4 Å². The van der Waals surface area contributed by atoms with Crippen LogP contribution in [0.4, 0.5) is 5.82 Å². The second-order valence-corrected chi connectivity index (χ2v) is 4.21. The summed E-state index contributed by atoms with van der Waals surface area (Å²) in [5, 5.41) is 12.4. The third-order valence-corrected chi connectivity index (χ3v) is 2.79. The first kappa shape index (κ1) is 11.0. The Morgan fingerprint density at radius 1 is 1.19 bits per heavy atom. The molecule has 2 N–H and O–H groups in total. The van der Waals surface area contributed by atoms with Crippen LogP contribution in [0.25, 0.3) is 0 Å². The number of pyridine rings is 1. The average molecular weight is 279 g/mol. The smallest absolute Gasteiger partial charge is 0.140 e. The highest BCUT2D eigenvalue weighted by Gasteiger charge is 1.99. The summed E-state index contributed by atoms with van der Waals surface area (Å²) in [7, 11) is 0. The molecule has 0 aliphatic rings. The third-order valence-electron chi connectivity index (χ3n) is 2.15. The summed E-state index contributed by atoms with van der Waals surface area (Å²) in [5.41, 5.74) is 1.09. The predicted molar refractivity (Wildman–Crippen MR) is 67.4 cm³/mol. The van der Waals surface area contributed by atoms with Gasteiger partial charge in [0, 0.05) is 12.7 Å². The fourth-order valence-corrected chi connectivity index (χ4v) is 1.71. The minimum atomic E-state index is 0.280. The summed E-state index contributed by atoms with van der Waals surface area (Å²) in [6.07, 6.45) is 1.74. The van der Waals surface area contributed by atoms with Crippen molar-refractivity contribution in [2.75, 3.05) is 5.32 Å². The lowest BCUT2D eigenvalue weighted by atomic mass is 10.2. The number of nitrogens with zero attached hydrogens (tertiary/aromatic N) is 1. The maximum atomic E-state index is 9.15. The van der Waals surface area contributed by atoms with E-state index in [-0.39, 0.29) is 5.75 Å². The van der Waals surface area contributed by atoms with Crippen LogP contribution in [-0.4, -0.2) is 10.1 Å². The van der Waals surface area contributed by atoms with Crippen LogP contribution in [0.1, 0.15) is 5.56 Å². The van der Waals surface area contributed by atoms with Crippen LogP contribution < -0.4 is 5.32 Å². The number of phenolic OH excluding ortho intramolecular Hbond substituents is 1. The number of hydrogen-bond acceptors (Lipinski definition) is 3. The Bertz CT molecular complexity index is 471. The molecule has 0 atom stereocenters. The van der Waals surface area contributed by atoms with Crippen LogP contribution >= 0.6 is 15.9 Å². The third kappa shape index (κ3) is 2.73. The molecule has 0 bridgehead atoms. The van der Waals surface area contributed by atoms with Gasteiger partial charge >= 0.3 is 0 Å². The summed E-state index contributed by atoms with van der Waals surface area (Å²) in [5.74, 6) is 1.10. The molecule has 2 aromatic rings. The SMILES string of the molecule is Oc1ccc(CNc2ncccc2Br)cc1. The Morgan fingerprint density at radius 3 is 2.62 bits per heavy atom. The lowest BCUT2D eigenvalue weighted by Gasteiger charge is -2.07. The van der Waals surface area contributed by atoms with Gasteiger partial charge in [0.1, 0.15) is 11.6 Å². The first-order valence-electron chi connectivity index (χ1n) is 4.88. The first-order chi connectivity index (χ1) is 7.75. The Morgan fingerprint density at radius 2 is 1.94 bits per heavy atom. The minimum absolute atomic E-state index is 0.280. The van der Waals surface area contributed by atoms with E-state index in [4.69, 9.17) is 5.11 Å². The van der Waals surface area contributed by atoms with E-state index < -0.39 is 0 Å². The second kappa shape index (κ2) is 4.99. The van der Waals surface area contributed by atoms with Crippen molar-refractivity contribution in [1.82, 2.24) is 4.98 Å². The molecule has 0 radical (unpaired) electrons. The van der Waals surface area contributed by atoms with Gasteiger partial charge in [-0.1, -0.05) is 12.1 Å². The molecular formula is C12H11BrN2O. The van der Waals surface area contributed by atoms with Crippen LogP contribution in [0.15, 0.2) is 47.1 Å². The molecule has 2 rings (SSSR count). The molecule has 3 nitrogen and oxygen atoms in total. The highest BCUT2D eigenvalue weighted by atomic mass is 79.9. The van der Waals surface area contributed by atoms with Gasteiger partial charge in [-0.2, -0.15) is 0 Å². The monoisotopic (exact) mass is 278 g/mol. The number of phenols is 1. The van der Waals surface area contributed by atoms with E-state index in [1.165, 1.54) is 0 Å². The summed E-state index contributed by atoms with van der Waals surface area (Å²) < 4.78 is 0.939. The van der Waals surface area contributed by atoms with Gasteiger partial charge in [0.2, 0.25) is 0 Å². The summed E-state index contributed by atoms with van der Waals surface area (Å²) in [6, 6.07) is 10.9. The van der Waals surface area contributed by atoms with Crippen molar-refractivity contribution in [3.8, 4) is 5.75 Å². The summed E-state index contributed by atoms with van der Waals surface area (Å²) in [6.45, 7) is 0.676. The van der Waals surface area contributed by atoms with E-state index in [1.807, 2.05) is 24.3 Å². The average Bonchev–Trinajstić information content (AvgIpc) is 2.30. The van der Waals surface area contributed by atoms with Crippen LogP contribution in [0, 0.1) is 0 Å². The number of benzene rings is 1. The van der Waals surface area contributed by atoms with Crippen LogP contribution in [0.5, 0.6) is 5.75 Å². The number of aromatic nitrogens is 1. The van der Waals surface area contributed by atoms with Crippen molar-refractivity contribution in [2.45, 2.75) is 6.54 Å². The maximum Gasteiger partial charge on any atom is 0.140 e. The van der Waals surface area contributed by atoms with Gasteiger partial charge in [-0.15, -0.1) is 0 Å². The van der Waals surface area contributed by atoms with Crippen molar-refractivity contribution in [3.05, 3.63) is 52.6 Å². The fraction of sp³-hybridized carbons (Fsp3) is 0.0833. The number of hydrogen-bond donors (Lipinski definition) is 2. The van der Waals surface area contributed by atoms with Crippen LogP contribution in [-0.2, 0) is 6.54 Å². The van der Waals surface area contributed by atoms with Crippen molar-refractivity contribution >= 4 is 21.7 Å². The molecule has 0 saturated carbocycles. The Kier molecular flexibility index (Phi) is 3.41. The molecule has 0 spiro atoms. The van der Waals surface area contributed by atoms with Crippen molar-refractivity contribution in [1.29, 1.82) is 0 Å². The van der Waals surface area contributed by atoms with Gasteiger partial charge in [-0.3, -0.25) is 0 Å². The lowest BCUT2D eigenvalue weighted by molar-refractivity contribution is 0.475. The van der Waals surface area contributed by atoms with Gasteiger partial charge in [0.25, 0.3) is 0 Å². The van der Waals surface area contributed by atoms with Gasteiger partial charge in [-0.05, 0) is 45.8 Å². The first-order valence-corrected chi connectivity index (χ1v) is 5.67. The topological polar surface area (TPSA) is 45.1 Å². The molecule has 16 heavy (non-hydrogen) atoms. The molecule has 0 saturated heterocycles. The van der Waals surface area contributed by atoms with Crippen LogP contribution in [0.3, 0.4) is 0 Å². The minimum Gasteiger partial charge on any atom is -0.508 e. The second-order valence-electron chi connectivity index (χ2n) is 3.35. The largest absolute Gasteiger partial charge is 0.508 e. The summed E-state index contributed by atoms with van der Waals surface area (Å²) in [4.78, 5) is 4.20. The van der Waals surface area contributed by atoms with Crippen molar-refractivity contribution in [2.24, 2.45) is 0 Å². The van der Waals surface area contributed by atoms with E-state index in [1.54, 1.807) is 18.3 Å². The molecule has 1 aromatic carbocycles. The number of rotatable bonds is 3. The van der Waals surface area contributed by atoms with E-state index in [9.17, 15) is 0 Å². The zero-order valence-corrected chi connectivity index (χ0v) is 10.1. The highest BCUT2D eigenvalue weighted by Crippen LogP contribution is 2.19. The molecule has 4 heteroatoms. The zero-order valence-electron chi connectivity index (χ0n) is 8.52. The number of nitrogens with one attached hydrogen (secondary N) is 1. The van der Waals surface area contributed by atoms with Gasteiger partial charge in [-0.25, -0.2) is 4.98 Å². The Balaban J connectivity index is 2.02. The van der Waals surface area contributed by atoms with E-state index in [0.717, 1.165) is 15.9 Å². The number of aromatic hydroxyl groups is 1. The fourth-order valence-electron chi connectivity index (χ4n) is 1.32. The molecule has 0 amide bonds. The normalized spacial score (nSPS) is 10.1. The van der Waals surface area contributed by atoms with E-state index in [0.29, 0.717) is 6.54 Å². The molecule has 0 unspecified atom stereocenters. The summed E-state index contributed by atoms with van der Waals surface area (Å²) >= 11 is 3.42. The van der Waals surface area contributed by atoms with Crippen molar-refractivity contribution < 1.29 is 5.11 Å². The maximum absolute atomic E-state index is 9.15. The molecule has 0 fully saturated rings. The van der Waals surface area contributed by atoms with Gasteiger partial charge in [0.15, 0.2) is 0 Å². The molecule has 1 heterocycles. The Labute approximate surface area is 102 Å². The van der Waals surface area contributed by atoms with Gasteiger partial charge in [0.05, 0.1) is 4.47 Å². The number of anilines is 1. The molecule has 1 aromatic heterocycles. The standard InChI is InChI=1S/C12H11BrN2O/c13-11-2-1-7-14-12(11)15-8-9-3-5-10(16)6-4-9/h1-7,16H,8H2,(H,14,15). The number of halogens is 1. The molecular weight excluding hydrogens is 268 g/mol. The van der Waals surface area contributed by atoms with Crippen LogP contribution in [0.2, 0.25) is 0 Å². The lowest BCUT2D eigenvalue weighted by Crippen LogP contribution is -2.01. The molecule has 0 aliphatic heterocycles. The van der Waals surface area contributed by atoms with Crippen molar-refractivity contribution in [3.63, 3.8) is 0 Å². The highest BCUT2D eigenvalue weighted by molar-refractivity contribution is 9.10. The van der Waals surface area contributed by atoms with E-state index >= 15 is 0 Å². The molecule has 82 valence electrons. The molecule has 0 aliphatic carbocycles. The van der Waals surface area contributed by atoms with E-state index in [2.05, 4.69) is 26.2 Å². The zero-order chi connectivity index (χ0) is 11.4. The quantitative estimate of drug-likeness (QED) is 0.907. The Hall–Kier alpha value is -1.55.